The van der Waals surface area contributed by atoms with Crippen LogP contribution in [-0.2, 0) is 4.74 Å². The first-order valence-electron chi connectivity index (χ1n) is 4.78. The van der Waals surface area contributed by atoms with Crippen molar-refractivity contribution in [2.75, 3.05) is 13.2 Å². The lowest BCUT2D eigenvalue weighted by molar-refractivity contribution is 0.0493. The molecule has 82 valence electrons. The Labute approximate surface area is 93.6 Å². The van der Waals surface area contributed by atoms with Crippen LogP contribution in [0.5, 0.6) is 0 Å². The van der Waals surface area contributed by atoms with Crippen LogP contribution < -0.4 is 0 Å². The molecule has 0 heterocycles. The number of esters is 1. The van der Waals surface area contributed by atoms with E-state index in [-0.39, 0.29) is 6.61 Å². The summed E-state index contributed by atoms with van der Waals surface area (Å²) < 4.78 is 4.98. The van der Waals surface area contributed by atoms with Crippen LogP contribution in [0.25, 0.3) is 0 Å². The van der Waals surface area contributed by atoms with Crippen LogP contribution in [0.4, 0.5) is 0 Å². The number of unbranched alkanes of at least 4 members (excludes halogenated alkanes) is 1. The van der Waals surface area contributed by atoms with Gasteiger partial charge in [-0.1, -0.05) is 23.7 Å². The van der Waals surface area contributed by atoms with Crippen molar-refractivity contribution in [1.82, 2.24) is 0 Å². The predicted octanol–water partition coefficient (Wildman–Crippen LogP) is 2.27. The fraction of sp³-hybridized carbons (Fsp3) is 0.364. The molecule has 0 aromatic heterocycles. The van der Waals surface area contributed by atoms with Crippen LogP contribution in [0.15, 0.2) is 24.3 Å². The number of benzene rings is 1. The summed E-state index contributed by atoms with van der Waals surface area (Å²) in [5, 5.41) is 8.92. The largest absolute Gasteiger partial charge is 0.462 e. The number of aliphatic hydroxyl groups excluding tert-OH is 1. The summed E-state index contributed by atoms with van der Waals surface area (Å²) in [7, 11) is 0. The number of carbonyl (C=O) groups excluding carboxylic acids is 1. The molecule has 3 nitrogen and oxygen atoms in total. The standard InChI is InChI=1S/C11H13ClO3/c12-10-6-2-1-5-9(10)11(14)15-8-4-3-7-13/h1-2,5-6,13H,3-4,7-8H2. The molecule has 1 aromatic rings. The van der Waals surface area contributed by atoms with Gasteiger partial charge >= 0.3 is 5.97 Å². The van der Waals surface area contributed by atoms with Gasteiger partial charge in [0.1, 0.15) is 0 Å². The molecule has 0 aliphatic rings. The SMILES string of the molecule is O=C(OCCCCO)c1ccccc1Cl. The van der Waals surface area contributed by atoms with Gasteiger partial charge < -0.3 is 9.84 Å². The van der Waals surface area contributed by atoms with Gasteiger partial charge in [0.25, 0.3) is 0 Å². The molecule has 0 amide bonds. The maximum absolute atomic E-state index is 11.5. The molecular weight excluding hydrogens is 216 g/mol. The van der Waals surface area contributed by atoms with Gasteiger partial charge in [-0.3, -0.25) is 0 Å². The van der Waals surface area contributed by atoms with E-state index in [2.05, 4.69) is 0 Å². The van der Waals surface area contributed by atoms with Gasteiger partial charge in [-0.05, 0) is 25.0 Å². The average Bonchev–Trinajstić information content (AvgIpc) is 2.25. The summed E-state index contributed by atoms with van der Waals surface area (Å²) in [4.78, 5) is 11.5. The van der Waals surface area contributed by atoms with Gasteiger partial charge in [-0.15, -0.1) is 0 Å². The summed E-state index contributed by atoms with van der Waals surface area (Å²) in [6, 6.07) is 6.75. The summed E-state index contributed by atoms with van der Waals surface area (Å²) in [5.41, 5.74) is 0.378. The normalized spacial score (nSPS) is 10.0. The Morgan fingerprint density at radius 2 is 2.07 bits per heavy atom. The minimum Gasteiger partial charge on any atom is -0.462 e. The molecule has 0 bridgehead atoms. The second kappa shape index (κ2) is 6.43. The Balaban J connectivity index is 2.44. The molecule has 0 aliphatic carbocycles. The molecule has 0 radical (unpaired) electrons. The second-order valence-electron chi connectivity index (χ2n) is 3.05. The van der Waals surface area contributed by atoms with Crippen LogP contribution in [-0.4, -0.2) is 24.3 Å². The number of ether oxygens (including phenoxy) is 1. The van der Waals surface area contributed by atoms with Crippen LogP contribution in [0.2, 0.25) is 5.02 Å². The molecule has 0 atom stereocenters. The number of rotatable bonds is 5. The Hall–Kier alpha value is -1.06. The van der Waals surface area contributed by atoms with Crippen molar-refractivity contribution in [2.24, 2.45) is 0 Å². The molecule has 4 heteroatoms. The molecule has 1 aromatic carbocycles. The Morgan fingerprint density at radius 1 is 1.33 bits per heavy atom. The van der Waals surface area contributed by atoms with E-state index in [1.165, 1.54) is 0 Å². The molecule has 0 aliphatic heterocycles. The van der Waals surface area contributed by atoms with E-state index in [9.17, 15) is 4.79 Å². The third-order valence-electron chi connectivity index (χ3n) is 1.88. The lowest BCUT2D eigenvalue weighted by Gasteiger charge is -2.05. The third-order valence-corrected chi connectivity index (χ3v) is 2.21. The summed E-state index contributed by atoms with van der Waals surface area (Å²) in [6.45, 7) is 0.425. The molecule has 0 spiro atoms. The highest BCUT2D eigenvalue weighted by atomic mass is 35.5. The Kier molecular flexibility index (Phi) is 5.15. The van der Waals surface area contributed by atoms with Crippen LogP contribution in [0, 0.1) is 0 Å². The number of aliphatic hydroxyl groups is 1. The number of hydrogen-bond acceptors (Lipinski definition) is 3. The third kappa shape index (κ3) is 3.90. The van der Waals surface area contributed by atoms with Crippen LogP contribution in [0.1, 0.15) is 23.2 Å². The highest BCUT2D eigenvalue weighted by Gasteiger charge is 2.09. The lowest BCUT2D eigenvalue weighted by atomic mass is 10.2. The van der Waals surface area contributed by atoms with Gasteiger partial charge in [0.2, 0.25) is 0 Å². The predicted molar refractivity (Wildman–Crippen MR) is 58.1 cm³/mol. The minimum absolute atomic E-state index is 0.115. The maximum atomic E-state index is 11.5. The molecule has 1 rings (SSSR count). The van der Waals surface area contributed by atoms with Gasteiger partial charge in [0.05, 0.1) is 17.2 Å². The second-order valence-corrected chi connectivity index (χ2v) is 3.45. The first-order chi connectivity index (χ1) is 7.25. The van der Waals surface area contributed by atoms with E-state index < -0.39 is 5.97 Å². The molecular formula is C11H13ClO3. The van der Waals surface area contributed by atoms with E-state index in [1.54, 1.807) is 24.3 Å². The van der Waals surface area contributed by atoms with Gasteiger partial charge in [-0.25, -0.2) is 4.79 Å². The number of hydrogen-bond donors (Lipinski definition) is 1. The molecule has 1 N–H and O–H groups in total. The van der Waals surface area contributed by atoms with Gasteiger partial charge in [0.15, 0.2) is 0 Å². The van der Waals surface area contributed by atoms with Crippen molar-refractivity contribution in [2.45, 2.75) is 12.8 Å². The molecule has 0 fully saturated rings. The van der Waals surface area contributed by atoms with Crippen molar-refractivity contribution in [3.63, 3.8) is 0 Å². The van der Waals surface area contributed by atoms with Crippen molar-refractivity contribution in [3.05, 3.63) is 34.9 Å². The van der Waals surface area contributed by atoms with E-state index in [0.29, 0.717) is 30.0 Å². The summed E-state index contributed by atoms with van der Waals surface area (Å²) >= 11 is 5.82. The highest BCUT2D eigenvalue weighted by Crippen LogP contribution is 2.15. The zero-order valence-electron chi connectivity index (χ0n) is 8.28. The van der Waals surface area contributed by atoms with Crippen molar-refractivity contribution >= 4 is 17.6 Å². The fourth-order valence-electron chi connectivity index (χ4n) is 1.08. The van der Waals surface area contributed by atoms with Crippen molar-refractivity contribution in [3.8, 4) is 0 Å². The first kappa shape index (κ1) is 12.0. The Bertz CT molecular complexity index is 325. The molecule has 15 heavy (non-hydrogen) atoms. The van der Waals surface area contributed by atoms with Crippen LogP contribution >= 0.6 is 11.6 Å². The van der Waals surface area contributed by atoms with Gasteiger partial charge in [-0.2, -0.15) is 0 Å². The zero-order chi connectivity index (χ0) is 11.1. The maximum Gasteiger partial charge on any atom is 0.339 e. The van der Waals surface area contributed by atoms with E-state index in [1.807, 2.05) is 0 Å². The zero-order valence-corrected chi connectivity index (χ0v) is 9.04. The average molecular weight is 229 g/mol. The summed E-state index contributed by atoms with van der Waals surface area (Å²) in [6.07, 6.45) is 1.29. The smallest absolute Gasteiger partial charge is 0.339 e. The quantitative estimate of drug-likeness (QED) is 0.621. The Morgan fingerprint density at radius 3 is 2.73 bits per heavy atom. The molecule has 0 unspecified atom stereocenters. The minimum atomic E-state index is -0.418. The summed E-state index contributed by atoms with van der Waals surface area (Å²) in [5.74, 6) is -0.418. The lowest BCUT2D eigenvalue weighted by Crippen LogP contribution is -2.07. The van der Waals surface area contributed by atoms with Gasteiger partial charge in [0, 0.05) is 6.61 Å². The van der Waals surface area contributed by atoms with E-state index >= 15 is 0 Å². The van der Waals surface area contributed by atoms with E-state index in [0.717, 1.165) is 0 Å². The monoisotopic (exact) mass is 228 g/mol. The van der Waals surface area contributed by atoms with Crippen molar-refractivity contribution < 1.29 is 14.6 Å². The fourth-order valence-corrected chi connectivity index (χ4v) is 1.30. The molecule has 0 saturated heterocycles. The number of carbonyl (C=O) groups is 1. The molecule has 0 saturated carbocycles. The topological polar surface area (TPSA) is 46.5 Å². The number of halogens is 1. The van der Waals surface area contributed by atoms with Crippen LogP contribution in [0.3, 0.4) is 0 Å². The van der Waals surface area contributed by atoms with E-state index in [4.69, 9.17) is 21.4 Å². The van der Waals surface area contributed by atoms with Crippen molar-refractivity contribution in [1.29, 1.82) is 0 Å². The first-order valence-corrected chi connectivity index (χ1v) is 5.16. The highest BCUT2D eigenvalue weighted by molar-refractivity contribution is 6.33.